The molecular weight excluding hydrogens is 296 g/mol. The van der Waals surface area contributed by atoms with Crippen molar-refractivity contribution in [3.63, 3.8) is 0 Å². The van der Waals surface area contributed by atoms with Gasteiger partial charge in [-0.1, -0.05) is 12.8 Å². The van der Waals surface area contributed by atoms with Crippen LogP contribution in [0.1, 0.15) is 42.4 Å². The fourth-order valence-corrected chi connectivity index (χ4v) is 2.67. The van der Waals surface area contributed by atoms with Gasteiger partial charge in [-0.3, -0.25) is 0 Å². The molecule has 1 aromatic rings. The third-order valence-electron chi connectivity index (χ3n) is 3.81. The second-order valence-corrected chi connectivity index (χ2v) is 5.20. The van der Waals surface area contributed by atoms with E-state index in [0.717, 1.165) is 0 Å². The molecule has 0 aliphatic heterocycles. The van der Waals surface area contributed by atoms with E-state index < -0.39 is 28.9 Å². The highest BCUT2D eigenvalue weighted by molar-refractivity contribution is 5.41. The molecule has 0 radical (unpaired) electrons. The summed E-state index contributed by atoms with van der Waals surface area (Å²) < 4.78 is 76.8. The Morgan fingerprint density at radius 3 is 1.62 bits per heavy atom. The fourth-order valence-electron chi connectivity index (χ4n) is 2.67. The van der Waals surface area contributed by atoms with Crippen molar-refractivity contribution in [3.8, 4) is 6.07 Å². The van der Waals surface area contributed by atoms with Gasteiger partial charge in [-0.15, -0.1) is 0 Å². The summed E-state index contributed by atoms with van der Waals surface area (Å²) in [5, 5.41) is 9.24. The van der Waals surface area contributed by atoms with Crippen LogP contribution in [0.15, 0.2) is 18.2 Å². The third-order valence-corrected chi connectivity index (χ3v) is 3.81. The van der Waals surface area contributed by atoms with Crippen LogP contribution in [0.3, 0.4) is 0 Å². The van der Waals surface area contributed by atoms with Crippen molar-refractivity contribution in [1.82, 2.24) is 0 Å². The van der Waals surface area contributed by atoms with Crippen molar-refractivity contribution < 1.29 is 26.3 Å². The molecule has 7 heteroatoms. The van der Waals surface area contributed by atoms with Gasteiger partial charge in [0.1, 0.15) is 0 Å². The highest BCUT2D eigenvalue weighted by Gasteiger charge is 2.42. The Morgan fingerprint density at radius 2 is 1.29 bits per heavy atom. The first kappa shape index (κ1) is 15.7. The summed E-state index contributed by atoms with van der Waals surface area (Å²) in [5.74, 6) is 0. The minimum Gasteiger partial charge on any atom is -0.197 e. The third kappa shape index (κ3) is 2.99. The highest BCUT2D eigenvalue weighted by atomic mass is 19.4. The van der Waals surface area contributed by atoms with Crippen molar-refractivity contribution >= 4 is 0 Å². The van der Waals surface area contributed by atoms with Gasteiger partial charge in [-0.2, -0.15) is 31.6 Å². The number of nitriles is 1. The number of halogens is 6. The molecule has 1 aliphatic carbocycles. The van der Waals surface area contributed by atoms with Gasteiger partial charge in [0.2, 0.25) is 0 Å². The predicted molar refractivity (Wildman–Crippen MR) is 62.2 cm³/mol. The van der Waals surface area contributed by atoms with E-state index >= 15 is 0 Å². The Kier molecular flexibility index (Phi) is 3.68. The lowest BCUT2D eigenvalue weighted by Gasteiger charge is -2.23. The van der Waals surface area contributed by atoms with Crippen LogP contribution >= 0.6 is 0 Å². The molecular formula is C14H11F6N. The molecule has 21 heavy (non-hydrogen) atoms. The summed E-state index contributed by atoms with van der Waals surface area (Å²) in [6.07, 6.45) is -7.98. The maximum Gasteiger partial charge on any atom is 0.416 e. The molecule has 0 saturated heterocycles. The Morgan fingerprint density at radius 1 is 0.857 bits per heavy atom. The fraction of sp³-hybridized carbons (Fsp3) is 0.500. The van der Waals surface area contributed by atoms with Gasteiger partial charge >= 0.3 is 12.4 Å². The lowest BCUT2D eigenvalue weighted by molar-refractivity contribution is -0.143. The molecule has 0 spiro atoms. The van der Waals surface area contributed by atoms with Gasteiger partial charge in [0.05, 0.1) is 22.6 Å². The molecule has 0 aromatic heterocycles. The molecule has 0 amide bonds. The van der Waals surface area contributed by atoms with Crippen LogP contribution in [0.2, 0.25) is 0 Å². The first-order valence-corrected chi connectivity index (χ1v) is 6.30. The zero-order valence-corrected chi connectivity index (χ0v) is 10.8. The summed E-state index contributed by atoms with van der Waals surface area (Å²) in [6.45, 7) is 0. The largest absolute Gasteiger partial charge is 0.416 e. The predicted octanol–water partition coefficient (Wildman–Crippen LogP) is 5.06. The van der Waals surface area contributed by atoms with Gasteiger partial charge in [0, 0.05) is 0 Å². The minimum absolute atomic E-state index is 0.0868. The normalized spacial score (nSPS) is 18.5. The van der Waals surface area contributed by atoms with Crippen LogP contribution in [0.25, 0.3) is 0 Å². The number of alkyl halides is 6. The monoisotopic (exact) mass is 307 g/mol. The van der Waals surface area contributed by atoms with E-state index in [1.807, 2.05) is 6.07 Å². The topological polar surface area (TPSA) is 23.8 Å². The minimum atomic E-state index is -4.88. The Bertz CT molecular complexity index is 540. The lowest BCUT2D eigenvalue weighted by Crippen LogP contribution is -2.22. The molecule has 1 aromatic carbocycles. The molecule has 0 unspecified atom stereocenters. The standard InChI is InChI=1S/C14H11F6N/c15-13(16,17)10-5-9(6-11(7-10)14(18,19)20)12(8-21)3-1-2-4-12/h5-7H,1-4H2. The highest BCUT2D eigenvalue weighted by Crippen LogP contribution is 2.44. The van der Waals surface area contributed by atoms with E-state index in [4.69, 9.17) is 0 Å². The lowest BCUT2D eigenvalue weighted by atomic mass is 9.79. The Hall–Kier alpha value is -1.71. The maximum absolute atomic E-state index is 12.8. The molecule has 0 bridgehead atoms. The van der Waals surface area contributed by atoms with Crippen molar-refractivity contribution in [2.75, 3.05) is 0 Å². The van der Waals surface area contributed by atoms with Gasteiger partial charge in [-0.25, -0.2) is 0 Å². The van der Waals surface area contributed by atoms with Crippen LogP contribution in [0.5, 0.6) is 0 Å². The maximum atomic E-state index is 12.8. The van der Waals surface area contributed by atoms with Crippen molar-refractivity contribution in [1.29, 1.82) is 5.26 Å². The zero-order valence-electron chi connectivity index (χ0n) is 10.8. The molecule has 114 valence electrons. The van der Waals surface area contributed by atoms with Crippen molar-refractivity contribution in [2.45, 2.75) is 43.5 Å². The van der Waals surface area contributed by atoms with Crippen LogP contribution in [0.4, 0.5) is 26.3 Å². The molecule has 0 heterocycles. The first-order valence-electron chi connectivity index (χ1n) is 6.30. The Balaban J connectivity index is 2.64. The SMILES string of the molecule is N#CC1(c2cc(C(F)(F)F)cc(C(F)(F)F)c2)CCCC1. The van der Waals surface area contributed by atoms with E-state index in [1.165, 1.54) is 0 Å². The summed E-state index contributed by atoms with van der Waals surface area (Å²) in [5.41, 5.74) is -4.17. The molecule has 2 rings (SSSR count). The average molecular weight is 307 g/mol. The van der Waals surface area contributed by atoms with Crippen molar-refractivity contribution in [2.24, 2.45) is 0 Å². The van der Waals surface area contributed by atoms with Crippen LogP contribution in [-0.2, 0) is 17.8 Å². The number of benzene rings is 1. The van der Waals surface area contributed by atoms with Crippen LogP contribution in [-0.4, -0.2) is 0 Å². The second kappa shape index (κ2) is 4.93. The Labute approximate surface area is 117 Å². The zero-order chi connectivity index (χ0) is 15.9. The quantitative estimate of drug-likeness (QED) is 0.665. The number of hydrogen-bond donors (Lipinski definition) is 0. The van der Waals surface area contributed by atoms with E-state index in [2.05, 4.69) is 0 Å². The molecule has 0 N–H and O–H groups in total. The van der Waals surface area contributed by atoms with Gasteiger partial charge in [0.25, 0.3) is 0 Å². The molecule has 1 aliphatic rings. The van der Waals surface area contributed by atoms with E-state index in [9.17, 15) is 31.6 Å². The number of nitrogens with zero attached hydrogens (tertiary/aromatic N) is 1. The van der Waals surface area contributed by atoms with Crippen LogP contribution < -0.4 is 0 Å². The summed E-state index contributed by atoms with van der Waals surface area (Å²) in [7, 11) is 0. The van der Waals surface area contributed by atoms with Gasteiger partial charge in [-0.05, 0) is 36.6 Å². The van der Waals surface area contributed by atoms with E-state index in [-0.39, 0.29) is 24.5 Å². The molecule has 1 saturated carbocycles. The average Bonchev–Trinajstić information content (AvgIpc) is 2.86. The van der Waals surface area contributed by atoms with Gasteiger partial charge < -0.3 is 0 Å². The first-order chi connectivity index (χ1) is 9.58. The molecule has 0 atom stereocenters. The molecule has 1 nitrogen and oxygen atoms in total. The summed E-state index contributed by atoms with van der Waals surface area (Å²) in [4.78, 5) is 0. The van der Waals surface area contributed by atoms with Crippen LogP contribution in [0, 0.1) is 11.3 Å². The number of rotatable bonds is 1. The molecule has 1 fully saturated rings. The summed E-state index contributed by atoms with van der Waals surface area (Å²) in [6, 6.07) is 3.34. The summed E-state index contributed by atoms with van der Waals surface area (Å²) >= 11 is 0. The van der Waals surface area contributed by atoms with Crippen molar-refractivity contribution in [3.05, 3.63) is 34.9 Å². The van der Waals surface area contributed by atoms with E-state index in [1.54, 1.807) is 0 Å². The van der Waals surface area contributed by atoms with E-state index in [0.29, 0.717) is 25.0 Å². The smallest absolute Gasteiger partial charge is 0.197 e. The number of hydrogen-bond acceptors (Lipinski definition) is 1. The van der Waals surface area contributed by atoms with Gasteiger partial charge in [0.15, 0.2) is 0 Å². The second-order valence-electron chi connectivity index (χ2n) is 5.20.